The van der Waals surface area contributed by atoms with Crippen LogP contribution in [0.1, 0.15) is 29.6 Å². The average molecular weight is 447 g/mol. The predicted octanol–water partition coefficient (Wildman–Crippen LogP) is 5.41. The third-order valence-electron chi connectivity index (χ3n) is 6.48. The Labute approximate surface area is 193 Å². The summed E-state index contributed by atoms with van der Waals surface area (Å²) in [6.07, 6.45) is 2.00. The van der Waals surface area contributed by atoms with Gasteiger partial charge >= 0.3 is 0 Å². The number of carbonyl (C=O) groups excluding carboxylic acids is 1. The van der Waals surface area contributed by atoms with E-state index in [1.165, 1.54) is 6.07 Å². The molecule has 5 nitrogen and oxygen atoms in total. The zero-order valence-corrected chi connectivity index (χ0v) is 18.4. The van der Waals surface area contributed by atoms with E-state index in [9.17, 15) is 9.18 Å². The number of halogens is 1. The van der Waals surface area contributed by atoms with Crippen molar-refractivity contribution in [2.75, 3.05) is 25.0 Å². The molecule has 1 N–H and O–H groups in total. The van der Waals surface area contributed by atoms with Gasteiger partial charge in [0.2, 0.25) is 0 Å². The van der Waals surface area contributed by atoms with E-state index in [0.717, 1.165) is 24.2 Å². The highest BCUT2D eigenvalue weighted by Gasteiger charge is 2.44. The van der Waals surface area contributed by atoms with Crippen LogP contribution in [0.2, 0.25) is 0 Å². The van der Waals surface area contributed by atoms with Gasteiger partial charge in [0.1, 0.15) is 6.10 Å². The summed E-state index contributed by atoms with van der Waals surface area (Å²) in [4.78, 5) is 15.2. The highest BCUT2D eigenvalue weighted by molar-refractivity contribution is 6.00. The maximum atomic E-state index is 13.9. The molecule has 1 amide bonds. The Bertz CT molecular complexity index is 1110. The van der Waals surface area contributed by atoms with E-state index in [2.05, 4.69) is 5.32 Å². The molecule has 6 heteroatoms. The molecule has 0 bridgehead atoms. The molecule has 2 fully saturated rings. The first-order chi connectivity index (χ1) is 16.1. The Balaban J connectivity index is 1.21. The van der Waals surface area contributed by atoms with E-state index in [4.69, 9.17) is 9.47 Å². The summed E-state index contributed by atoms with van der Waals surface area (Å²) in [7, 11) is 0. The van der Waals surface area contributed by atoms with E-state index < -0.39 is 0 Å². The second-order valence-electron chi connectivity index (χ2n) is 8.70. The number of anilines is 2. The van der Waals surface area contributed by atoms with Crippen LogP contribution in [0.25, 0.3) is 0 Å². The van der Waals surface area contributed by atoms with E-state index in [1.54, 1.807) is 18.2 Å². The van der Waals surface area contributed by atoms with Gasteiger partial charge in [-0.1, -0.05) is 42.5 Å². The van der Waals surface area contributed by atoms with Crippen LogP contribution in [0.15, 0.2) is 78.9 Å². The van der Waals surface area contributed by atoms with Crippen LogP contribution in [0.5, 0.6) is 5.75 Å². The second-order valence-corrected chi connectivity index (χ2v) is 8.70. The highest BCUT2D eigenvalue weighted by Crippen LogP contribution is 2.38. The van der Waals surface area contributed by atoms with Crippen molar-refractivity contribution >= 4 is 17.3 Å². The summed E-state index contributed by atoms with van der Waals surface area (Å²) < 4.78 is 25.9. The molecule has 0 unspecified atom stereocenters. The van der Waals surface area contributed by atoms with Gasteiger partial charge in [-0.15, -0.1) is 0 Å². The summed E-state index contributed by atoms with van der Waals surface area (Å²) in [5, 5.41) is 3.36. The van der Waals surface area contributed by atoms with E-state index in [-0.39, 0.29) is 29.2 Å². The standard InChI is InChI=1S/C27H27FN2O3/c28-23-11-5-7-13-25(23)33-21-18-27(32-19-21)14-16-30(17-15-27)26(31)22-10-4-6-12-24(22)29-20-8-2-1-3-9-20/h1-13,21,29H,14-19H2/t21-/m0/s1. The minimum absolute atomic E-state index is 0.0148. The van der Waals surface area contributed by atoms with Crippen molar-refractivity contribution in [1.29, 1.82) is 0 Å². The SMILES string of the molecule is O=C(c1ccccc1Nc1ccccc1)N1CCC2(CC1)C[C@H](Oc1ccccc1F)CO2. The molecule has 0 saturated carbocycles. The Morgan fingerprint density at radius 3 is 2.45 bits per heavy atom. The minimum atomic E-state index is -0.360. The summed E-state index contributed by atoms with van der Waals surface area (Å²) in [6, 6.07) is 23.9. The van der Waals surface area contributed by atoms with Crippen molar-refractivity contribution in [3.63, 3.8) is 0 Å². The molecule has 0 radical (unpaired) electrons. The molecule has 3 aromatic rings. The molecule has 2 saturated heterocycles. The molecule has 1 atom stereocenters. The molecule has 170 valence electrons. The quantitative estimate of drug-likeness (QED) is 0.569. The largest absolute Gasteiger partial charge is 0.485 e. The number of para-hydroxylation sites is 3. The van der Waals surface area contributed by atoms with Gasteiger partial charge in [0.25, 0.3) is 5.91 Å². The molecule has 33 heavy (non-hydrogen) atoms. The summed E-state index contributed by atoms with van der Waals surface area (Å²) >= 11 is 0. The Hall–Kier alpha value is -3.38. The van der Waals surface area contributed by atoms with Gasteiger partial charge < -0.3 is 19.7 Å². The van der Waals surface area contributed by atoms with Crippen molar-refractivity contribution in [3.05, 3.63) is 90.2 Å². The first-order valence-electron chi connectivity index (χ1n) is 11.4. The van der Waals surface area contributed by atoms with Crippen LogP contribution in [-0.2, 0) is 4.74 Å². The number of amides is 1. The zero-order chi connectivity index (χ0) is 22.7. The van der Waals surface area contributed by atoms with Crippen molar-refractivity contribution in [3.8, 4) is 5.75 Å². The van der Waals surface area contributed by atoms with Crippen molar-refractivity contribution in [2.24, 2.45) is 0 Å². The number of carbonyl (C=O) groups is 1. The molecule has 2 heterocycles. The van der Waals surface area contributed by atoms with Gasteiger partial charge in [-0.05, 0) is 49.2 Å². The predicted molar refractivity (Wildman–Crippen MR) is 125 cm³/mol. The maximum absolute atomic E-state index is 13.9. The van der Waals surface area contributed by atoms with Crippen LogP contribution in [-0.4, -0.2) is 42.2 Å². The number of hydrogen-bond acceptors (Lipinski definition) is 4. The topological polar surface area (TPSA) is 50.8 Å². The molecule has 1 spiro atoms. The molecular weight excluding hydrogens is 419 g/mol. The summed E-state index contributed by atoms with van der Waals surface area (Å²) in [5.41, 5.74) is 2.08. The van der Waals surface area contributed by atoms with Crippen LogP contribution in [0, 0.1) is 5.82 Å². The molecule has 2 aliphatic heterocycles. The van der Waals surface area contributed by atoms with Gasteiger partial charge in [-0.2, -0.15) is 0 Å². The van der Waals surface area contributed by atoms with Gasteiger partial charge in [-0.3, -0.25) is 4.79 Å². The molecule has 0 aliphatic carbocycles. The van der Waals surface area contributed by atoms with Crippen LogP contribution >= 0.6 is 0 Å². The fourth-order valence-corrected chi connectivity index (χ4v) is 4.69. The van der Waals surface area contributed by atoms with E-state index >= 15 is 0 Å². The Morgan fingerprint density at radius 1 is 0.970 bits per heavy atom. The van der Waals surface area contributed by atoms with Crippen LogP contribution in [0.4, 0.5) is 15.8 Å². The minimum Gasteiger partial charge on any atom is -0.485 e. The van der Waals surface area contributed by atoms with Gasteiger partial charge in [-0.25, -0.2) is 4.39 Å². The smallest absolute Gasteiger partial charge is 0.255 e. The zero-order valence-electron chi connectivity index (χ0n) is 18.4. The summed E-state index contributed by atoms with van der Waals surface area (Å²) in [6.45, 7) is 1.67. The fourth-order valence-electron chi connectivity index (χ4n) is 4.69. The lowest BCUT2D eigenvalue weighted by Gasteiger charge is -2.38. The van der Waals surface area contributed by atoms with Crippen molar-refractivity contribution in [1.82, 2.24) is 4.90 Å². The van der Waals surface area contributed by atoms with Crippen molar-refractivity contribution in [2.45, 2.75) is 31.0 Å². The first-order valence-corrected chi connectivity index (χ1v) is 11.4. The number of rotatable bonds is 5. The average Bonchev–Trinajstić information content (AvgIpc) is 3.23. The molecule has 0 aromatic heterocycles. The normalized spacial score (nSPS) is 19.4. The number of nitrogens with one attached hydrogen (secondary N) is 1. The van der Waals surface area contributed by atoms with Gasteiger partial charge in [0, 0.05) is 25.2 Å². The lowest BCUT2D eigenvalue weighted by atomic mass is 9.87. The van der Waals surface area contributed by atoms with E-state index in [0.29, 0.717) is 31.7 Å². The molecular formula is C27H27FN2O3. The van der Waals surface area contributed by atoms with Crippen molar-refractivity contribution < 1.29 is 18.7 Å². The van der Waals surface area contributed by atoms with Gasteiger partial charge in [0.05, 0.1) is 23.5 Å². The monoisotopic (exact) mass is 446 g/mol. The maximum Gasteiger partial charge on any atom is 0.255 e. The number of benzene rings is 3. The lowest BCUT2D eigenvalue weighted by molar-refractivity contribution is -0.0395. The number of likely N-dealkylation sites (tertiary alicyclic amines) is 1. The van der Waals surface area contributed by atoms with Crippen LogP contribution in [0.3, 0.4) is 0 Å². The molecule has 2 aliphatic rings. The Morgan fingerprint density at radius 2 is 1.67 bits per heavy atom. The highest BCUT2D eigenvalue weighted by atomic mass is 19.1. The third kappa shape index (κ3) is 4.71. The number of ether oxygens (including phenoxy) is 2. The number of piperidine rings is 1. The summed E-state index contributed by atoms with van der Waals surface area (Å²) in [5.74, 6) is -0.0824. The fraction of sp³-hybridized carbons (Fsp3) is 0.296. The number of nitrogens with zero attached hydrogens (tertiary/aromatic N) is 1. The molecule has 5 rings (SSSR count). The number of hydrogen-bond donors (Lipinski definition) is 1. The third-order valence-corrected chi connectivity index (χ3v) is 6.48. The van der Waals surface area contributed by atoms with E-state index in [1.807, 2.05) is 59.5 Å². The Kier molecular flexibility index (Phi) is 6.01. The lowest BCUT2D eigenvalue weighted by Crippen LogP contribution is -2.46. The molecule has 3 aromatic carbocycles. The second kappa shape index (κ2) is 9.24. The first kappa shape index (κ1) is 21.5. The van der Waals surface area contributed by atoms with Gasteiger partial charge in [0.15, 0.2) is 11.6 Å². The van der Waals surface area contributed by atoms with Crippen LogP contribution < -0.4 is 10.1 Å².